The molecule has 1 aliphatic rings. The van der Waals surface area contributed by atoms with E-state index in [1.165, 1.54) is 0 Å². The summed E-state index contributed by atoms with van der Waals surface area (Å²) in [5, 5.41) is 17.5. The zero-order valence-corrected chi connectivity index (χ0v) is 11.8. The molecule has 0 saturated carbocycles. The monoisotopic (exact) mass is 286 g/mol. The lowest BCUT2D eigenvalue weighted by Gasteiger charge is -2.36. The predicted molar refractivity (Wildman–Crippen MR) is 81.5 cm³/mol. The molecule has 3 rings (SSSR count). The summed E-state index contributed by atoms with van der Waals surface area (Å²) in [7, 11) is 1.64. The molecular weight excluding hydrogens is 268 g/mol. The number of amides is 1. The fourth-order valence-electron chi connectivity index (χ4n) is 2.73. The van der Waals surface area contributed by atoms with Gasteiger partial charge >= 0.3 is 0 Å². The number of likely N-dealkylation sites (N-methyl/N-ethyl adjacent to an activating group) is 1. The number of anilines is 1. The topological polar surface area (TPSA) is 77.5 Å². The van der Waals surface area contributed by atoms with Crippen LogP contribution in [0.15, 0.2) is 30.5 Å². The Morgan fingerprint density at radius 1 is 1.48 bits per heavy atom. The van der Waals surface area contributed by atoms with E-state index >= 15 is 0 Å². The number of hydrogen-bond acceptors (Lipinski definition) is 5. The second kappa shape index (κ2) is 5.57. The highest BCUT2D eigenvalue weighted by atomic mass is 16.3. The van der Waals surface area contributed by atoms with Gasteiger partial charge in [-0.25, -0.2) is 4.98 Å². The molecule has 2 heterocycles. The third kappa shape index (κ3) is 2.50. The molecule has 0 spiro atoms. The first kappa shape index (κ1) is 13.6. The highest BCUT2D eigenvalue weighted by molar-refractivity contribution is 5.95. The lowest BCUT2D eigenvalue weighted by atomic mass is 10.1. The first-order chi connectivity index (χ1) is 10.2. The molecule has 1 amide bonds. The molecule has 1 saturated heterocycles. The largest absolute Gasteiger partial charge is 0.508 e. The summed E-state index contributed by atoms with van der Waals surface area (Å²) in [5.41, 5.74) is 0. The van der Waals surface area contributed by atoms with Crippen molar-refractivity contribution in [2.24, 2.45) is 0 Å². The predicted octanol–water partition coefficient (Wildman–Crippen LogP) is 0.465. The summed E-state index contributed by atoms with van der Waals surface area (Å²) in [6, 6.07) is 6.80. The van der Waals surface area contributed by atoms with Crippen molar-refractivity contribution in [1.82, 2.24) is 15.6 Å². The fourth-order valence-corrected chi connectivity index (χ4v) is 2.73. The number of carbonyl (C=O) groups excluding carboxylic acids is 1. The van der Waals surface area contributed by atoms with E-state index < -0.39 is 0 Å². The number of aromatic hydroxyl groups is 1. The summed E-state index contributed by atoms with van der Waals surface area (Å²) < 4.78 is 0. The van der Waals surface area contributed by atoms with E-state index in [4.69, 9.17) is 0 Å². The van der Waals surface area contributed by atoms with E-state index in [0.717, 1.165) is 23.1 Å². The van der Waals surface area contributed by atoms with Crippen LogP contribution in [0, 0.1) is 0 Å². The van der Waals surface area contributed by atoms with E-state index in [-0.39, 0.29) is 17.7 Å². The van der Waals surface area contributed by atoms with Crippen molar-refractivity contribution in [2.45, 2.75) is 6.04 Å². The number of rotatable bonds is 2. The summed E-state index contributed by atoms with van der Waals surface area (Å²) in [6.45, 7) is 2.07. The smallest absolute Gasteiger partial charge is 0.243 e. The van der Waals surface area contributed by atoms with Crippen LogP contribution in [0.4, 0.5) is 5.82 Å². The number of hydrogen-bond donors (Lipinski definition) is 3. The number of carbonyl (C=O) groups is 1. The number of aromatic nitrogens is 1. The van der Waals surface area contributed by atoms with Gasteiger partial charge < -0.3 is 20.6 Å². The zero-order valence-electron chi connectivity index (χ0n) is 11.8. The lowest BCUT2D eigenvalue weighted by molar-refractivity contribution is -0.122. The molecule has 1 aromatic carbocycles. The van der Waals surface area contributed by atoms with Crippen LogP contribution in [0.5, 0.6) is 5.75 Å². The molecule has 6 nitrogen and oxygen atoms in total. The van der Waals surface area contributed by atoms with Gasteiger partial charge in [0.15, 0.2) is 0 Å². The Kier molecular flexibility index (Phi) is 3.62. The van der Waals surface area contributed by atoms with Gasteiger partial charge in [0.05, 0.1) is 0 Å². The third-order valence-electron chi connectivity index (χ3n) is 3.79. The van der Waals surface area contributed by atoms with Gasteiger partial charge in [0.1, 0.15) is 17.6 Å². The highest BCUT2D eigenvalue weighted by Crippen LogP contribution is 2.29. The van der Waals surface area contributed by atoms with Crippen molar-refractivity contribution in [3.05, 3.63) is 30.5 Å². The number of pyridine rings is 1. The molecule has 1 fully saturated rings. The molecule has 110 valence electrons. The van der Waals surface area contributed by atoms with Crippen LogP contribution in [0.3, 0.4) is 0 Å². The van der Waals surface area contributed by atoms with Crippen LogP contribution in [0.1, 0.15) is 0 Å². The first-order valence-electron chi connectivity index (χ1n) is 6.97. The molecular formula is C15H18N4O2. The van der Waals surface area contributed by atoms with Crippen molar-refractivity contribution in [1.29, 1.82) is 0 Å². The third-order valence-corrected chi connectivity index (χ3v) is 3.79. The van der Waals surface area contributed by atoms with Crippen molar-refractivity contribution in [3.63, 3.8) is 0 Å². The summed E-state index contributed by atoms with van der Waals surface area (Å²) in [5.74, 6) is 0.892. The fraction of sp³-hybridized carbons (Fsp3) is 0.333. The molecule has 3 N–H and O–H groups in total. The molecule has 2 aromatic rings. The van der Waals surface area contributed by atoms with Gasteiger partial charge in [0.2, 0.25) is 5.91 Å². The second-order valence-corrected chi connectivity index (χ2v) is 5.07. The molecule has 6 heteroatoms. The zero-order chi connectivity index (χ0) is 14.8. The maximum atomic E-state index is 12.1. The SMILES string of the molecule is CNC(=O)C1CNCCN1c1nccc2ccc(O)cc12. The molecule has 1 aliphatic heterocycles. The molecule has 1 aromatic heterocycles. The Morgan fingerprint density at radius 3 is 3.14 bits per heavy atom. The van der Waals surface area contributed by atoms with E-state index in [1.54, 1.807) is 25.4 Å². The van der Waals surface area contributed by atoms with Crippen LogP contribution in [0.2, 0.25) is 0 Å². The summed E-state index contributed by atoms with van der Waals surface area (Å²) >= 11 is 0. The van der Waals surface area contributed by atoms with Crippen LogP contribution in [-0.2, 0) is 4.79 Å². The molecule has 0 radical (unpaired) electrons. The quantitative estimate of drug-likeness (QED) is 0.748. The summed E-state index contributed by atoms with van der Waals surface area (Å²) in [6.07, 6.45) is 1.73. The molecule has 0 bridgehead atoms. The Labute approximate surface area is 122 Å². The summed E-state index contributed by atoms with van der Waals surface area (Å²) in [4.78, 5) is 18.5. The van der Waals surface area contributed by atoms with Crippen LogP contribution < -0.4 is 15.5 Å². The average molecular weight is 286 g/mol. The molecule has 1 atom stereocenters. The van der Waals surface area contributed by atoms with E-state index in [9.17, 15) is 9.90 Å². The number of phenols is 1. The Bertz CT molecular complexity index is 674. The maximum Gasteiger partial charge on any atom is 0.243 e. The number of fused-ring (bicyclic) bond motifs is 1. The molecule has 21 heavy (non-hydrogen) atoms. The molecule has 1 unspecified atom stereocenters. The van der Waals surface area contributed by atoms with Gasteiger partial charge in [-0.2, -0.15) is 0 Å². The molecule has 0 aliphatic carbocycles. The number of phenolic OH excluding ortho intramolecular Hbond substituents is 1. The van der Waals surface area contributed by atoms with Gasteiger partial charge in [-0.15, -0.1) is 0 Å². The number of nitrogens with zero attached hydrogens (tertiary/aromatic N) is 2. The second-order valence-electron chi connectivity index (χ2n) is 5.07. The lowest BCUT2D eigenvalue weighted by Crippen LogP contribution is -2.58. The van der Waals surface area contributed by atoms with Gasteiger partial charge in [0, 0.05) is 38.3 Å². The standard InChI is InChI=1S/C15H18N4O2/c1-16-15(21)13-9-17-6-7-19(13)14-12-8-11(20)3-2-10(12)4-5-18-14/h2-5,8,13,17,20H,6-7,9H2,1H3,(H,16,21). The normalized spacial score (nSPS) is 18.7. The Hall–Kier alpha value is -2.34. The van der Waals surface area contributed by atoms with Crippen molar-refractivity contribution in [2.75, 3.05) is 31.6 Å². The number of benzene rings is 1. The van der Waals surface area contributed by atoms with Crippen LogP contribution in [0.25, 0.3) is 10.8 Å². The van der Waals surface area contributed by atoms with Crippen molar-refractivity contribution < 1.29 is 9.90 Å². The van der Waals surface area contributed by atoms with Crippen LogP contribution >= 0.6 is 0 Å². The average Bonchev–Trinajstić information content (AvgIpc) is 2.53. The first-order valence-corrected chi connectivity index (χ1v) is 6.97. The van der Waals surface area contributed by atoms with Gasteiger partial charge in [-0.05, 0) is 23.6 Å². The van der Waals surface area contributed by atoms with Gasteiger partial charge in [0.25, 0.3) is 0 Å². The minimum Gasteiger partial charge on any atom is -0.508 e. The van der Waals surface area contributed by atoms with Crippen LogP contribution in [-0.4, -0.2) is 48.7 Å². The van der Waals surface area contributed by atoms with Crippen molar-refractivity contribution >= 4 is 22.5 Å². The van der Waals surface area contributed by atoms with E-state index in [0.29, 0.717) is 13.1 Å². The minimum absolute atomic E-state index is 0.0406. The Balaban J connectivity index is 2.09. The number of nitrogens with one attached hydrogen (secondary N) is 2. The van der Waals surface area contributed by atoms with Gasteiger partial charge in [-0.3, -0.25) is 4.79 Å². The number of piperazine rings is 1. The van der Waals surface area contributed by atoms with E-state index in [1.807, 2.05) is 17.0 Å². The minimum atomic E-state index is -0.302. The maximum absolute atomic E-state index is 12.1. The highest BCUT2D eigenvalue weighted by Gasteiger charge is 2.29. The van der Waals surface area contributed by atoms with E-state index in [2.05, 4.69) is 15.6 Å². The Morgan fingerprint density at radius 2 is 2.33 bits per heavy atom. The van der Waals surface area contributed by atoms with Crippen molar-refractivity contribution in [3.8, 4) is 5.75 Å². The van der Waals surface area contributed by atoms with Gasteiger partial charge in [-0.1, -0.05) is 6.07 Å².